The maximum absolute atomic E-state index is 10.7. The van der Waals surface area contributed by atoms with Crippen molar-refractivity contribution in [2.45, 2.75) is 12.4 Å². The maximum Gasteiger partial charge on any atom is 1.00 e. The van der Waals surface area contributed by atoms with Gasteiger partial charge < -0.3 is 6.53 Å². The van der Waals surface area contributed by atoms with Crippen LogP contribution in [-0.4, -0.2) is 23.0 Å². The van der Waals surface area contributed by atoms with Crippen molar-refractivity contribution in [3.05, 3.63) is 39.4 Å². The summed E-state index contributed by atoms with van der Waals surface area (Å²) in [6.45, 7) is -0.456. The minimum Gasteiger partial charge on any atom is -1.00 e. The van der Waals surface area contributed by atoms with E-state index in [1.165, 1.54) is 6.07 Å². The fourth-order valence-corrected chi connectivity index (χ4v) is 1.87. The van der Waals surface area contributed by atoms with Crippen molar-refractivity contribution < 1.29 is 54.0 Å². The van der Waals surface area contributed by atoms with Crippen LogP contribution < -0.4 is 29.6 Å². The van der Waals surface area contributed by atoms with Crippen molar-refractivity contribution in [3.8, 4) is 0 Å². The molecule has 0 heterocycles. The first kappa shape index (κ1) is 16.5. The molecule has 2 N–H and O–H groups in total. The van der Waals surface area contributed by atoms with Gasteiger partial charge in [-0.1, -0.05) is 0 Å². The molecule has 7 nitrogen and oxygen atoms in total. The minimum absolute atomic E-state index is 0. The summed E-state index contributed by atoms with van der Waals surface area (Å²) in [6, 6.07) is 3.41. The van der Waals surface area contributed by atoms with E-state index in [4.69, 9.17) is 9.66 Å². The largest absolute Gasteiger partial charge is 1.00 e. The number of non-ortho nitro benzene ring substituents is 1. The monoisotopic (exact) mass is 271 g/mol. The first-order valence-electron chi connectivity index (χ1n) is 4.15. The second kappa shape index (κ2) is 6.43. The molecule has 0 aliphatic heterocycles. The summed E-state index contributed by atoms with van der Waals surface area (Å²) in [5.74, 6) is -0.759. The van der Waals surface area contributed by atoms with Crippen molar-refractivity contribution in [3.63, 3.8) is 0 Å². The predicted octanol–water partition coefficient (Wildman–Crippen LogP) is -2.41. The van der Waals surface area contributed by atoms with E-state index in [-0.39, 0.29) is 47.8 Å². The van der Waals surface area contributed by atoms with E-state index < -0.39 is 27.4 Å². The Labute approximate surface area is 121 Å². The molecule has 0 saturated heterocycles. The molecule has 0 aliphatic rings. The third kappa shape index (κ3) is 5.11. The van der Waals surface area contributed by atoms with E-state index in [2.05, 4.69) is 0 Å². The third-order valence-corrected chi connectivity index (χ3v) is 2.58. The van der Waals surface area contributed by atoms with Gasteiger partial charge in [0.05, 0.1) is 11.5 Å². The number of nitrogens with zero attached hydrogens (tertiary/aromatic N) is 1. The molecule has 0 unspecified atom stereocenters. The van der Waals surface area contributed by atoms with E-state index in [0.29, 0.717) is 0 Å². The summed E-state index contributed by atoms with van der Waals surface area (Å²) in [7, 11) is -4.29. The second-order valence-corrected chi connectivity index (χ2v) is 4.55. The molecule has 90 valence electrons. The zero-order chi connectivity index (χ0) is 12.3. The SMILES string of the molecule is O=[N+]([O-])c1ccc(CO)c(CS(=O)(=O)O)c1.[H-].[Na+]. The molecule has 0 atom stereocenters. The molecule has 1 aromatic rings. The van der Waals surface area contributed by atoms with E-state index in [0.717, 1.165) is 12.1 Å². The number of hydrogen-bond acceptors (Lipinski definition) is 5. The molecule has 9 heteroatoms. The van der Waals surface area contributed by atoms with Gasteiger partial charge in [-0.3, -0.25) is 14.7 Å². The standard InChI is InChI=1S/C8H9NO6S.Na.H/c10-4-6-1-2-8(9(11)12)3-7(6)5-16(13,14)15;;/h1-3,10H,4-5H2,(H,13,14,15);;/q;+1;-1. The maximum atomic E-state index is 10.7. The normalized spacial score (nSPS) is 10.7. The summed E-state index contributed by atoms with van der Waals surface area (Å²) in [5, 5.41) is 19.3. The number of aliphatic hydroxyl groups is 1. The summed E-state index contributed by atoms with van der Waals surface area (Å²) in [5.41, 5.74) is -0.0572. The van der Waals surface area contributed by atoms with Gasteiger partial charge in [-0.15, -0.1) is 0 Å². The molecule has 0 amide bonds. The number of rotatable bonds is 4. The molecule has 0 fully saturated rings. The van der Waals surface area contributed by atoms with Crippen LogP contribution in [-0.2, 0) is 22.5 Å². The minimum atomic E-state index is -4.29. The summed E-state index contributed by atoms with van der Waals surface area (Å²) in [6.07, 6.45) is 0. The van der Waals surface area contributed by atoms with Gasteiger partial charge in [0.15, 0.2) is 0 Å². The molecule has 1 rings (SSSR count). The van der Waals surface area contributed by atoms with Crippen LogP contribution in [0.1, 0.15) is 12.6 Å². The van der Waals surface area contributed by atoms with Gasteiger partial charge in [-0.05, 0) is 17.2 Å². The van der Waals surface area contributed by atoms with Crippen molar-refractivity contribution in [2.75, 3.05) is 0 Å². The smallest absolute Gasteiger partial charge is 1.00 e. The van der Waals surface area contributed by atoms with Crippen LogP contribution in [0.3, 0.4) is 0 Å². The second-order valence-electron chi connectivity index (χ2n) is 3.09. The van der Waals surface area contributed by atoms with Crippen LogP contribution in [0.2, 0.25) is 0 Å². The fraction of sp³-hybridized carbons (Fsp3) is 0.250. The van der Waals surface area contributed by atoms with E-state index >= 15 is 0 Å². The molecule has 0 saturated carbocycles. The van der Waals surface area contributed by atoms with Crippen LogP contribution in [0.15, 0.2) is 18.2 Å². The Morgan fingerprint density at radius 3 is 2.35 bits per heavy atom. The Hall–Kier alpha value is -0.510. The van der Waals surface area contributed by atoms with Gasteiger partial charge >= 0.3 is 29.6 Å². The summed E-state index contributed by atoms with van der Waals surface area (Å²) >= 11 is 0. The van der Waals surface area contributed by atoms with Crippen LogP contribution in [0.4, 0.5) is 5.69 Å². The third-order valence-electron chi connectivity index (χ3n) is 1.91. The van der Waals surface area contributed by atoms with Gasteiger partial charge in [-0.25, -0.2) is 0 Å². The zero-order valence-corrected chi connectivity index (χ0v) is 11.8. The quantitative estimate of drug-likeness (QED) is 0.272. The topological polar surface area (TPSA) is 118 Å². The fourth-order valence-electron chi connectivity index (χ4n) is 1.21. The van der Waals surface area contributed by atoms with Gasteiger partial charge in [0, 0.05) is 12.1 Å². The number of nitro benzene ring substituents is 1. The molecule has 0 bridgehead atoms. The molecule has 17 heavy (non-hydrogen) atoms. The predicted molar refractivity (Wildman–Crippen MR) is 55.4 cm³/mol. The van der Waals surface area contributed by atoms with Gasteiger partial charge in [0.1, 0.15) is 5.75 Å². The first-order chi connectivity index (χ1) is 7.33. The Morgan fingerprint density at radius 1 is 1.35 bits per heavy atom. The van der Waals surface area contributed by atoms with Gasteiger partial charge in [-0.2, -0.15) is 8.42 Å². The van der Waals surface area contributed by atoms with Crippen LogP contribution in [0, 0.1) is 10.1 Å². The molecule has 0 aliphatic carbocycles. The molecule has 1 aromatic carbocycles. The van der Waals surface area contributed by atoms with Crippen molar-refractivity contribution >= 4 is 15.8 Å². The number of nitro groups is 1. The van der Waals surface area contributed by atoms with Crippen LogP contribution >= 0.6 is 0 Å². The summed E-state index contributed by atoms with van der Waals surface area (Å²) < 4.78 is 29.9. The first-order valence-corrected chi connectivity index (χ1v) is 5.76. The number of hydrogen-bond donors (Lipinski definition) is 2. The van der Waals surface area contributed by atoms with Gasteiger partial charge in [0.2, 0.25) is 0 Å². The van der Waals surface area contributed by atoms with E-state index in [1.54, 1.807) is 0 Å². The van der Waals surface area contributed by atoms with Crippen molar-refractivity contribution in [1.82, 2.24) is 0 Å². The Kier molecular flexibility index (Phi) is 6.24. The molecule has 0 radical (unpaired) electrons. The van der Waals surface area contributed by atoms with Crippen LogP contribution in [0.5, 0.6) is 0 Å². The Balaban J connectivity index is 0. The molecule has 0 aromatic heterocycles. The molecular formula is C8H10NNaO6S. The molecule has 0 spiro atoms. The van der Waals surface area contributed by atoms with Crippen molar-refractivity contribution in [1.29, 1.82) is 0 Å². The average Bonchev–Trinajstić information content (AvgIpc) is 2.15. The Bertz CT molecular complexity index is 520. The van der Waals surface area contributed by atoms with Crippen molar-refractivity contribution in [2.24, 2.45) is 0 Å². The number of benzene rings is 1. The van der Waals surface area contributed by atoms with Gasteiger partial charge in [0.25, 0.3) is 15.8 Å². The molecular weight excluding hydrogens is 261 g/mol. The number of aliphatic hydroxyl groups excluding tert-OH is 1. The average molecular weight is 271 g/mol. The van der Waals surface area contributed by atoms with E-state index in [1.807, 2.05) is 0 Å². The Morgan fingerprint density at radius 2 is 1.94 bits per heavy atom. The summed E-state index contributed by atoms with van der Waals surface area (Å²) in [4.78, 5) is 9.76. The van der Waals surface area contributed by atoms with Crippen LogP contribution in [0.25, 0.3) is 0 Å². The zero-order valence-electron chi connectivity index (χ0n) is 10.0. The van der Waals surface area contributed by atoms with E-state index in [9.17, 15) is 18.5 Å².